The summed E-state index contributed by atoms with van der Waals surface area (Å²) in [6.07, 6.45) is 4.67. The fourth-order valence-electron chi connectivity index (χ4n) is 1.65. The summed E-state index contributed by atoms with van der Waals surface area (Å²) in [7, 11) is 0. The number of aromatic nitrogens is 4. The Kier molecular flexibility index (Phi) is 3.14. The fraction of sp³-hybridized carbons (Fsp3) is 0.364. The number of hydrogen-bond acceptors (Lipinski definition) is 3. The van der Waals surface area contributed by atoms with Gasteiger partial charge in [0.25, 0.3) is 0 Å². The van der Waals surface area contributed by atoms with Crippen LogP contribution in [-0.4, -0.2) is 19.7 Å². The largest absolute Gasteiger partial charge is 0.300 e. The van der Waals surface area contributed by atoms with Gasteiger partial charge < -0.3 is 4.57 Å². The molecule has 0 amide bonds. The predicted molar refractivity (Wildman–Crippen MR) is 65.7 cm³/mol. The lowest BCUT2D eigenvalue weighted by atomic mass is 10.2. The summed E-state index contributed by atoms with van der Waals surface area (Å²) in [5.41, 5.74) is 2.12. The highest BCUT2D eigenvalue weighted by Crippen LogP contribution is 2.17. The van der Waals surface area contributed by atoms with Crippen molar-refractivity contribution in [3.8, 4) is 11.4 Å². The normalized spacial score (nSPS) is 10.6. The lowest BCUT2D eigenvalue weighted by Gasteiger charge is -2.04. The highest BCUT2D eigenvalue weighted by molar-refractivity contribution is 7.71. The van der Waals surface area contributed by atoms with E-state index in [1.807, 2.05) is 23.9 Å². The van der Waals surface area contributed by atoms with Crippen LogP contribution in [0.3, 0.4) is 0 Å². The van der Waals surface area contributed by atoms with Crippen LogP contribution in [-0.2, 0) is 6.54 Å². The number of rotatable bonds is 3. The smallest absolute Gasteiger partial charge is 0.195 e. The molecule has 2 aromatic heterocycles. The number of H-pyrrole nitrogens is 1. The van der Waals surface area contributed by atoms with Crippen LogP contribution >= 0.6 is 12.2 Å². The van der Waals surface area contributed by atoms with E-state index < -0.39 is 0 Å². The maximum Gasteiger partial charge on any atom is 0.195 e. The zero-order chi connectivity index (χ0) is 11.5. The van der Waals surface area contributed by atoms with E-state index in [0.29, 0.717) is 4.77 Å². The summed E-state index contributed by atoms with van der Waals surface area (Å²) < 4.78 is 2.67. The highest BCUT2D eigenvalue weighted by atomic mass is 32.1. The maximum atomic E-state index is 5.20. The summed E-state index contributed by atoms with van der Waals surface area (Å²) in [4.78, 5) is 4.17. The summed E-state index contributed by atoms with van der Waals surface area (Å²) in [6, 6.07) is 2.06. The Balaban J connectivity index is 2.51. The van der Waals surface area contributed by atoms with E-state index in [4.69, 9.17) is 12.2 Å². The first-order valence-electron chi connectivity index (χ1n) is 5.29. The summed E-state index contributed by atoms with van der Waals surface area (Å²) in [5.74, 6) is 0.864. The monoisotopic (exact) mass is 234 g/mol. The number of aryl methyl sites for hydroxylation is 1. The summed E-state index contributed by atoms with van der Waals surface area (Å²) in [6.45, 7) is 5.01. The van der Waals surface area contributed by atoms with E-state index in [1.165, 1.54) is 0 Å². The Morgan fingerprint density at radius 3 is 2.94 bits per heavy atom. The van der Waals surface area contributed by atoms with Gasteiger partial charge in [0.05, 0.1) is 0 Å². The van der Waals surface area contributed by atoms with Crippen molar-refractivity contribution >= 4 is 12.2 Å². The van der Waals surface area contributed by atoms with Gasteiger partial charge in [-0.05, 0) is 37.2 Å². The van der Waals surface area contributed by atoms with E-state index in [1.54, 1.807) is 0 Å². The first kappa shape index (κ1) is 11.0. The molecule has 0 bridgehead atoms. The van der Waals surface area contributed by atoms with Crippen LogP contribution < -0.4 is 0 Å². The number of pyridine rings is 1. The minimum absolute atomic E-state index is 0.665. The van der Waals surface area contributed by atoms with Gasteiger partial charge in [-0.25, -0.2) is 0 Å². The molecule has 1 N–H and O–H groups in total. The van der Waals surface area contributed by atoms with E-state index in [9.17, 15) is 0 Å². The van der Waals surface area contributed by atoms with Crippen molar-refractivity contribution in [2.24, 2.45) is 0 Å². The van der Waals surface area contributed by atoms with Crippen LogP contribution in [0.5, 0.6) is 0 Å². The third-order valence-electron chi connectivity index (χ3n) is 2.34. The molecule has 0 saturated carbocycles. The average Bonchev–Trinajstić information content (AvgIpc) is 2.61. The van der Waals surface area contributed by atoms with Gasteiger partial charge in [-0.1, -0.05) is 6.92 Å². The molecule has 16 heavy (non-hydrogen) atoms. The van der Waals surface area contributed by atoms with Crippen molar-refractivity contribution in [3.05, 3.63) is 28.8 Å². The molecule has 84 valence electrons. The van der Waals surface area contributed by atoms with Crippen LogP contribution in [0.25, 0.3) is 11.4 Å². The van der Waals surface area contributed by atoms with Gasteiger partial charge in [-0.2, -0.15) is 5.10 Å². The molecule has 0 unspecified atom stereocenters. The highest BCUT2D eigenvalue weighted by Gasteiger charge is 2.08. The van der Waals surface area contributed by atoms with Crippen molar-refractivity contribution in [2.45, 2.75) is 26.8 Å². The van der Waals surface area contributed by atoms with E-state index in [0.717, 1.165) is 29.9 Å². The molecule has 2 aromatic rings. The molecule has 0 aliphatic rings. The molecule has 0 saturated heterocycles. The molecule has 0 aromatic carbocycles. The molecule has 5 heteroatoms. The van der Waals surface area contributed by atoms with Gasteiger partial charge in [-0.15, -0.1) is 0 Å². The van der Waals surface area contributed by atoms with Crippen LogP contribution in [0, 0.1) is 11.7 Å². The molecule has 0 spiro atoms. The van der Waals surface area contributed by atoms with E-state index in [2.05, 4.69) is 28.2 Å². The fourth-order valence-corrected chi connectivity index (χ4v) is 1.87. The van der Waals surface area contributed by atoms with Crippen LogP contribution in [0.4, 0.5) is 0 Å². The Hall–Kier alpha value is -1.49. The summed E-state index contributed by atoms with van der Waals surface area (Å²) >= 11 is 5.20. The van der Waals surface area contributed by atoms with Crippen molar-refractivity contribution in [1.82, 2.24) is 19.7 Å². The third-order valence-corrected chi connectivity index (χ3v) is 2.65. The lowest BCUT2D eigenvalue weighted by Crippen LogP contribution is -2.00. The second-order valence-electron chi connectivity index (χ2n) is 3.75. The molecule has 2 rings (SSSR count). The SMILES string of the molecule is CCCn1c(-c2cncc(C)c2)n[nH]c1=S. The predicted octanol–water partition coefficient (Wildman–Crippen LogP) is 2.72. The number of nitrogens with zero attached hydrogens (tertiary/aromatic N) is 3. The Labute approximate surface area is 99.4 Å². The van der Waals surface area contributed by atoms with Gasteiger partial charge in [-0.3, -0.25) is 10.1 Å². The second kappa shape index (κ2) is 4.57. The first-order valence-corrected chi connectivity index (χ1v) is 5.70. The molecular formula is C11H14N4S. The lowest BCUT2D eigenvalue weighted by molar-refractivity contribution is 0.674. The molecule has 0 aliphatic heterocycles. The number of hydrogen-bond donors (Lipinski definition) is 1. The maximum absolute atomic E-state index is 5.20. The third kappa shape index (κ3) is 2.04. The number of nitrogens with one attached hydrogen (secondary N) is 1. The topological polar surface area (TPSA) is 46.5 Å². The molecular weight excluding hydrogens is 220 g/mol. The van der Waals surface area contributed by atoms with E-state index in [-0.39, 0.29) is 0 Å². The van der Waals surface area contributed by atoms with E-state index >= 15 is 0 Å². The van der Waals surface area contributed by atoms with Gasteiger partial charge >= 0.3 is 0 Å². The average molecular weight is 234 g/mol. The van der Waals surface area contributed by atoms with Crippen LogP contribution in [0.15, 0.2) is 18.5 Å². The van der Waals surface area contributed by atoms with Crippen molar-refractivity contribution in [3.63, 3.8) is 0 Å². The van der Waals surface area contributed by atoms with Crippen molar-refractivity contribution in [2.75, 3.05) is 0 Å². The Bertz CT molecular complexity index is 541. The molecule has 2 heterocycles. The zero-order valence-corrected chi connectivity index (χ0v) is 10.2. The summed E-state index contributed by atoms with van der Waals surface area (Å²) in [5, 5.41) is 7.08. The second-order valence-corrected chi connectivity index (χ2v) is 4.14. The Morgan fingerprint density at radius 2 is 2.25 bits per heavy atom. The molecule has 0 aliphatic carbocycles. The van der Waals surface area contributed by atoms with Gasteiger partial charge in [0.15, 0.2) is 10.6 Å². The van der Waals surface area contributed by atoms with Gasteiger partial charge in [0.2, 0.25) is 0 Å². The molecule has 0 radical (unpaired) electrons. The standard InChI is InChI=1S/C11H14N4S/c1-3-4-15-10(13-14-11(15)16)9-5-8(2)6-12-7-9/h5-7H,3-4H2,1-2H3,(H,14,16). The minimum Gasteiger partial charge on any atom is -0.300 e. The quantitative estimate of drug-likeness (QED) is 0.831. The van der Waals surface area contributed by atoms with Gasteiger partial charge in [0.1, 0.15) is 0 Å². The zero-order valence-electron chi connectivity index (χ0n) is 9.40. The van der Waals surface area contributed by atoms with Crippen molar-refractivity contribution < 1.29 is 0 Å². The van der Waals surface area contributed by atoms with Crippen molar-refractivity contribution in [1.29, 1.82) is 0 Å². The van der Waals surface area contributed by atoms with Crippen LogP contribution in [0.2, 0.25) is 0 Å². The number of aromatic amines is 1. The molecule has 0 fully saturated rings. The molecule has 4 nitrogen and oxygen atoms in total. The van der Waals surface area contributed by atoms with Gasteiger partial charge in [0, 0.05) is 24.5 Å². The Morgan fingerprint density at radius 1 is 1.44 bits per heavy atom. The molecule has 0 atom stereocenters. The minimum atomic E-state index is 0.665. The van der Waals surface area contributed by atoms with Crippen LogP contribution in [0.1, 0.15) is 18.9 Å². The first-order chi connectivity index (χ1) is 7.72.